The molecule has 2 aromatic rings. The average molecular weight is 321 g/mol. The zero-order valence-electron chi connectivity index (χ0n) is 11.8. The van der Waals surface area contributed by atoms with E-state index in [-0.39, 0.29) is 11.9 Å². The van der Waals surface area contributed by atoms with Crippen LogP contribution in [0.15, 0.2) is 23.6 Å². The predicted octanol–water partition coefficient (Wildman–Crippen LogP) is 3.43. The van der Waals surface area contributed by atoms with E-state index in [4.69, 9.17) is 17.3 Å². The zero-order valence-corrected chi connectivity index (χ0v) is 13.4. The molecule has 5 heteroatoms. The number of nitrogens with two attached hydrogens (primary N) is 1. The third-order valence-corrected chi connectivity index (χ3v) is 5.65. The summed E-state index contributed by atoms with van der Waals surface area (Å²) < 4.78 is 0. The molecule has 1 atom stereocenters. The molecule has 1 aromatic carbocycles. The molecule has 0 spiro atoms. The van der Waals surface area contributed by atoms with Crippen molar-refractivity contribution in [3.63, 3.8) is 0 Å². The van der Waals surface area contributed by atoms with Crippen LogP contribution in [0.5, 0.6) is 0 Å². The maximum Gasteiger partial charge on any atom is 0.251 e. The molecule has 1 aliphatic rings. The Morgan fingerprint density at radius 2 is 2.24 bits per heavy atom. The second-order valence-electron chi connectivity index (χ2n) is 5.35. The van der Waals surface area contributed by atoms with Gasteiger partial charge in [0.1, 0.15) is 0 Å². The molecule has 0 bridgehead atoms. The average Bonchev–Trinajstić information content (AvgIpc) is 2.71. The van der Waals surface area contributed by atoms with Crippen molar-refractivity contribution in [2.24, 2.45) is 5.73 Å². The Kier molecular flexibility index (Phi) is 4.02. The first-order chi connectivity index (χ1) is 10.1. The third kappa shape index (κ3) is 2.71. The summed E-state index contributed by atoms with van der Waals surface area (Å²) in [7, 11) is 0. The molecule has 3 rings (SSSR count). The van der Waals surface area contributed by atoms with Gasteiger partial charge >= 0.3 is 0 Å². The number of amides is 1. The topological polar surface area (TPSA) is 55.1 Å². The number of aryl methyl sites for hydroxylation is 2. The van der Waals surface area contributed by atoms with E-state index in [1.54, 1.807) is 11.3 Å². The lowest BCUT2D eigenvalue weighted by Gasteiger charge is -2.14. The molecule has 1 unspecified atom stereocenters. The molecule has 1 aliphatic heterocycles. The van der Waals surface area contributed by atoms with Gasteiger partial charge in [-0.2, -0.15) is 0 Å². The van der Waals surface area contributed by atoms with Crippen LogP contribution in [0.2, 0.25) is 5.02 Å². The minimum atomic E-state index is -0.294. The van der Waals surface area contributed by atoms with Gasteiger partial charge in [-0.25, -0.2) is 0 Å². The number of hydrogen-bond acceptors (Lipinski definition) is 3. The summed E-state index contributed by atoms with van der Waals surface area (Å²) in [5.74, 6) is -0.00925. The van der Waals surface area contributed by atoms with E-state index in [0.29, 0.717) is 0 Å². The van der Waals surface area contributed by atoms with Gasteiger partial charge in [-0.1, -0.05) is 23.7 Å². The molecule has 2 heterocycles. The van der Waals surface area contributed by atoms with Crippen molar-refractivity contribution in [1.29, 1.82) is 0 Å². The first-order valence-corrected chi connectivity index (χ1v) is 8.24. The second kappa shape index (κ2) is 5.79. The van der Waals surface area contributed by atoms with Crippen LogP contribution in [0.4, 0.5) is 0 Å². The van der Waals surface area contributed by atoms with Crippen molar-refractivity contribution in [2.45, 2.75) is 25.8 Å². The van der Waals surface area contributed by atoms with Gasteiger partial charge in [-0.15, -0.1) is 11.3 Å². The minimum absolute atomic E-state index is 0.00925. The maximum absolute atomic E-state index is 12.1. The normalized spacial score (nSPS) is 16.0. The number of hydrogen-bond donors (Lipinski definition) is 2. The SMILES string of the molecule is Cc1csc(C(N)c2ccc3c(c2)C(=O)NCCC3)c1Cl. The first-order valence-electron chi connectivity index (χ1n) is 6.98. The van der Waals surface area contributed by atoms with Gasteiger partial charge in [-0.05, 0) is 47.9 Å². The van der Waals surface area contributed by atoms with Gasteiger partial charge in [0.2, 0.25) is 0 Å². The van der Waals surface area contributed by atoms with Crippen LogP contribution in [0.3, 0.4) is 0 Å². The fourth-order valence-electron chi connectivity index (χ4n) is 2.60. The van der Waals surface area contributed by atoms with Gasteiger partial charge < -0.3 is 11.1 Å². The summed E-state index contributed by atoms with van der Waals surface area (Å²) in [6.45, 7) is 2.70. The highest BCUT2D eigenvalue weighted by atomic mass is 35.5. The van der Waals surface area contributed by atoms with Gasteiger partial charge in [0.05, 0.1) is 11.1 Å². The molecule has 21 heavy (non-hydrogen) atoms. The molecule has 110 valence electrons. The molecule has 0 fully saturated rings. The molecule has 1 aromatic heterocycles. The number of nitrogens with one attached hydrogen (secondary N) is 1. The zero-order chi connectivity index (χ0) is 15.0. The number of rotatable bonds is 2. The first kappa shape index (κ1) is 14.6. The summed E-state index contributed by atoms with van der Waals surface area (Å²) in [4.78, 5) is 13.1. The summed E-state index contributed by atoms with van der Waals surface area (Å²) in [5.41, 5.74) is 10.1. The Labute approximate surface area is 133 Å². The Hall–Kier alpha value is -1.36. The van der Waals surface area contributed by atoms with Crippen LogP contribution < -0.4 is 11.1 Å². The predicted molar refractivity (Wildman–Crippen MR) is 87.2 cm³/mol. The van der Waals surface area contributed by atoms with E-state index in [9.17, 15) is 4.79 Å². The fraction of sp³-hybridized carbons (Fsp3) is 0.312. The molecular formula is C16H17ClN2OS. The number of halogens is 1. The molecular weight excluding hydrogens is 304 g/mol. The molecule has 3 nitrogen and oxygen atoms in total. The van der Waals surface area contributed by atoms with Crippen molar-refractivity contribution in [1.82, 2.24) is 5.32 Å². The van der Waals surface area contributed by atoms with E-state index < -0.39 is 0 Å². The van der Waals surface area contributed by atoms with Crippen LogP contribution >= 0.6 is 22.9 Å². The summed E-state index contributed by atoms with van der Waals surface area (Å²) in [5, 5.41) is 5.66. The minimum Gasteiger partial charge on any atom is -0.352 e. The summed E-state index contributed by atoms with van der Waals surface area (Å²) in [6, 6.07) is 5.64. The van der Waals surface area contributed by atoms with Crippen LogP contribution in [-0.2, 0) is 6.42 Å². The van der Waals surface area contributed by atoms with Crippen LogP contribution in [0, 0.1) is 6.92 Å². The molecule has 1 amide bonds. The molecule has 0 saturated carbocycles. The lowest BCUT2D eigenvalue weighted by Crippen LogP contribution is -2.23. The molecule has 3 N–H and O–H groups in total. The number of carbonyl (C=O) groups excluding carboxylic acids is 1. The molecule has 0 aliphatic carbocycles. The maximum atomic E-state index is 12.1. The second-order valence-corrected chi connectivity index (χ2v) is 6.64. The smallest absolute Gasteiger partial charge is 0.251 e. The van der Waals surface area contributed by atoms with E-state index in [1.165, 1.54) is 0 Å². The number of carbonyl (C=O) groups is 1. The summed E-state index contributed by atoms with van der Waals surface area (Å²) in [6.07, 6.45) is 1.89. The van der Waals surface area contributed by atoms with Gasteiger partial charge in [0.25, 0.3) is 5.91 Å². The monoisotopic (exact) mass is 320 g/mol. The quantitative estimate of drug-likeness (QED) is 0.890. The van der Waals surface area contributed by atoms with E-state index in [1.807, 2.05) is 30.5 Å². The molecule has 0 radical (unpaired) electrons. The Morgan fingerprint density at radius 1 is 1.43 bits per heavy atom. The summed E-state index contributed by atoms with van der Waals surface area (Å²) >= 11 is 7.87. The van der Waals surface area contributed by atoms with Gasteiger partial charge in [0, 0.05) is 17.0 Å². The number of fused-ring (bicyclic) bond motifs is 1. The number of benzene rings is 1. The van der Waals surface area contributed by atoms with Gasteiger partial charge in [-0.3, -0.25) is 4.79 Å². The van der Waals surface area contributed by atoms with Crippen molar-refractivity contribution in [3.05, 3.63) is 55.7 Å². The number of thiophene rings is 1. The van der Waals surface area contributed by atoms with Crippen LogP contribution in [0.25, 0.3) is 0 Å². The van der Waals surface area contributed by atoms with Crippen molar-refractivity contribution < 1.29 is 4.79 Å². The van der Waals surface area contributed by atoms with E-state index in [2.05, 4.69) is 5.32 Å². The Balaban J connectivity index is 2.00. The largest absolute Gasteiger partial charge is 0.352 e. The third-order valence-electron chi connectivity index (χ3n) is 3.85. The lowest BCUT2D eigenvalue weighted by molar-refractivity contribution is 0.0956. The van der Waals surface area contributed by atoms with Crippen LogP contribution in [0.1, 0.15) is 44.4 Å². The van der Waals surface area contributed by atoms with E-state index >= 15 is 0 Å². The van der Waals surface area contributed by atoms with Crippen LogP contribution in [-0.4, -0.2) is 12.5 Å². The lowest BCUT2D eigenvalue weighted by atomic mass is 9.97. The highest BCUT2D eigenvalue weighted by molar-refractivity contribution is 7.10. The standard InChI is InChI=1S/C16H17ClN2OS/c1-9-8-21-15(13(9)17)14(18)11-5-4-10-3-2-6-19-16(20)12(10)7-11/h4-5,7-8,14H,2-3,6,18H2,1H3,(H,19,20). The highest BCUT2D eigenvalue weighted by Crippen LogP contribution is 2.35. The van der Waals surface area contributed by atoms with Crippen molar-refractivity contribution in [2.75, 3.05) is 6.54 Å². The van der Waals surface area contributed by atoms with Crippen molar-refractivity contribution in [3.8, 4) is 0 Å². The fourth-order valence-corrected chi connectivity index (χ4v) is 3.94. The van der Waals surface area contributed by atoms with E-state index in [0.717, 1.165) is 51.5 Å². The Morgan fingerprint density at radius 3 is 2.95 bits per heavy atom. The van der Waals surface area contributed by atoms with Crippen molar-refractivity contribution >= 4 is 28.8 Å². The Bertz CT molecular complexity index is 696. The highest BCUT2D eigenvalue weighted by Gasteiger charge is 2.20. The molecule has 0 saturated heterocycles. The van der Waals surface area contributed by atoms with Gasteiger partial charge in [0.15, 0.2) is 0 Å².